The van der Waals surface area contributed by atoms with Crippen molar-refractivity contribution in [3.63, 3.8) is 0 Å². The molecule has 0 bridgehead atoms. The van der Waals surface area contributed by atoms with Gasteiger partial charge in [-0.2, -0.15) is 0 Å². The average Bonchev–Trinajstić information content (AvgIpc) is 3.02. The molecular formula is C23H30FNO. The summed E-state index contributed by atoms with van der Waals surface area (Å²) in [4.78, 5) is 3.96. The van der Waals surface area contributed by atoms with Crippen LogP contribution in [-0.2, 0) is 6.42 Å². The predicted molar refractivity (Wildman–Crippen MR) is 108 cm³/mol. The molecule has 0 saturated heterocycles. The van der Waals surface area contributed by atoms with E-state index in [0.717, 1.165) is 30.4 Å². The SMILES string of the molecule is CC.CCc1ccc(-c2cc(OC)ncc2F)c(C2=CCCC2(C)C)c1. The van der Waals surface area contributed by atoms with Gasteiger partial charge in [0.25, 0.3) is 0 Å². The van der Waals surface area contributed by atoms with E-state index in [4.69, 9.17) is 4.74 Å². The smallest absolute Gasteiger partial charge is 0.213 e. The van der Waals surface area contributed by atoms with E-state index >= 15 is 0 Å². The first kappa shape index (κ1) is 20.2. The van der Waals surface area contributed by atoms with Crippen molar-refractivity contribution in [3.8, 4) is 17.0 Å². The molecule has 0 amide bonds. The number of hydrogen-bond donors (Lipinski definition) is 0. The van der Waals surface area contributed by atoms with E-state index in [9.17, 15) is 4.39 Å². The van der Waals surface area contributed by atoms with Crippen molar-refractivity contribution < 1.29 is 9.13 Å². The van der Waals surface area contributed by atoms with Gasteiger partial charge >= 0.3 is 0 Å². The lowest BCUT2D eigenvalue weighted by molar-refractivity contribution is 0.396. The molecular weight excluding hydrogens is 325 g/mol. The first-order valence-corrected chi connectivity index (χ1v) is 9.50. The summed E-state index contributed by atoms with van der Waals surface area (Å²) in [6, 6.07) is 8.00. The van der Waals surface area contributed by atoms with E-state index in [1.165, 1.54) is 17.3 Å². The number of pyridine rings is 1. The number of hydrogen-bond acceptors (Lipinski definition) is 2. The molecule has 1 aromatic heterocycles. The zero-order valence-corrected chi connectivity index (χ0v) is 16.8. The molecule has 0 aliphatic heterocycles. The van der Waals surface area contributed by atoms with Crippen LogP contribution in [0.1, 0.15) is 58.6 Å². The van der Waals surface area contributed by atoms with Crippen LogP contribution >= 0.6 is 0 Å². The molecule has 140 valence electrons. The Labute approximate surface area is 157 Å². The Morgan fingerprint density at radius 2 is 1.85 bits per heavy atom. The summed E-state index contributed by atoms with van der Waals surface area (Å²) < 4.78 is 19.7. The third-order valence-electron chi connectivity index (χ3n) is 4.96. The second-order valence-corrected chi connectivity index (χ2v) is 6.98. The third-order valence-corrected chi connectivity index (χ3v) is 4.96. The summed E-state index contributed by atoms with van der Waals surface area (Å²) in [6.07, 6.45) is 6.69. The molecule has 1 aliphatic carbocycles. The number of benzene rings is 1. The van der Waals surface area contributed by atoms with Crippen molar-refractivity contribution in [1.82, 2.24) is 4.98 Å². The highest BCUT2D eigenvalue weighted by Gasteiger charge is 2.30. The van der Waals surface area contributed by atoms with E-state index in [2.05, 4.69) is 44.0 Å². The summed E-state index contributed by atoms with van der Waals surface area (Å²) >= 11 is 0. The topological polar surface area (TPSA) is 22.1 Å². The minimum Gasteiger partial charge on any atom is -0.481 e. The molecule has 1 aromatic carbocycles. The molecule has 0 spiro atoms. The Balaban J connectivity index is 0.00000117. The normalized spacial score (nSPS) is 15.1. The van der Waals surface area contributed by atoms with Crippen LogP contribution in [-0.4, -0.2) is 12.1 Å². The van der Waals surface area contributed by atoms with Gasteiger partial charge in [0.2, 0.25) is 5.88 Å². The van der Waals surface area contributed by atoms with E-state index in [0.29, 0.717) is 11.4 Å². The van der Waals surface area contributed by atoms with Crippen molar-refractivity contribution in [2.75, 3.05) is 7.11 Å². The molecule has 0 unspecified atom stereocenters. The Kier molecular flexibility index (Phi) is 6.57. The highest BCUT2D eigenvalue weighted by Crippen LogP contribution is 2.47. The van der Waals surface area contributed by atoms with Crippen LogP contribution in [0.5, 0.6) is 5.88 Å². The second kappa shape index (κ2) is 8.48. The fraction of sp³-hybridized carbons (Fsp3) is 0.435. The number of allylic oxidation sites excluding steroid dienone is 2. The molecule has 1 heterocycles. The first-order chi connectivity index (χ1) is 12.5. The van der Waals surface area contributed by atoms with Crippen molar-refractivity contribution in [1.29, 1.82) is 0 Å². The quantitative estimate of drug-likeness (QED) is 0.609. The van der Waals surface area contributed by atoms with Gasteiger partial charge in [0.05, 0.1) is 13.3 Å². The standard InChI is InChI=1S/C21H24FNO.C2H6/c1-5-14-8-9-15(17-12-20(24-4)23-13-19(17)22)16(11-14)18-7-6-10-21(18,2)3;1-2/h7-9,11-13H,5-6,10H2,1-4H3;1-2H3. The molecule has 0 N–H and O–H groups in total. The number of aromatic nitrogens is 1. The summed E-state index contributed by atoms with van der Waals surface area (Å²) in [5.74, 6) is 0.106. The van der Waals surface area contributed by atoms with Crippen LogP contribution in [0, 0.1) is 11.2 Å². The van der Waals surface area contributed by atoms with E-state index in [-0.39, 0.29) is 11.2 Å². The van der Waals surface area contributed by atoms with Gasteiger partial charge in [0.1, 0.15) is 5.82 Å². The minimum absolute atomic E-state index is 0.106. The summed E-state index contributed by atoms with van der Waals surface area (Å²) in [5, 5.41) is 0. The monoisotopic (exact) mass is 355 g/mol. The van der Waals surface area contributed by atoms with Gasteiger partial charge < -0.3 is 4.74 Å². The Morgan fingerprint density at radius 1 is 1.12 bits per heavy atom. The van der Waals surface area contributed by atoms with E-state index in [1.807, 2.05) is 19.9 Å². The molecule has 1 aliphatic rings. The predicted octanol–water partition coefficient (Wildman–Crippen LogP) is 6.69. The third kappa shape index (κ3) is 3.98. The number of nitrogens with zero attached hydrogens (tertiary/aromatic N) is 1. The summed E-state index contributed by atoms with van der Waals surface area (Å²) in [5.41, 5.74) is 5.26. The maximum absolute atomic E-state index is 14.5. The number of halogens is 1. The molecule has 0 fully saturated rings. The van der Waals surface area contributed by atoms with Gasteiger partial charge in [-0.25, -0.2) is 9.37 Å². The van der Waals surface area contributed by atoms with Gasteiger partial charge in [-0.3, -0.25) is 0 Å². The molecule has 2 nitrogen and oxygen atoms in total. The Hall–Kier alpha value is -2.16. The zero-order chi connectivity index (χ0) is 19.3. The highest BCUT2D eigenvalue weighted by molar-refractivity contribution is 5.85. The number of ether oxygens (including phenoxy) is 1. The minimum atomic E-state index is -0.322. The fourth-order valence-electron chi connectivity index (χ4n) is 3.47. The maximum Gasteiger partial charge on any atom is 0.213 e. The van der Waals surface area contributed by atoms with Crippen LogP contribution in [0.25, 0.3) is 16.7 Å². The van der Waals surface area contributed by atoms with Gasteiger partial charge in [-0.05, 0) is 46.9 Å². The van der Waals surface area contributed by atoms with Crippen molar-refractivity contribution in [2.45, 2.75) is 53.9 Å². The highest BCUT2D eigenvalue weighted by atomic mass is 19.1. The Bertz CT molecular complexity index is 793. The van der Waals surface area contributed by atoms with Gasteiger partial charge in [-0.1, -0.05) is 58.9 Å². The van der Waals surface area contributed by atoms with Crippen LogP contribution < -0.4 is 4.74 Å². The van der Waals surface area contributed by atoms with Crippen molar-refractivity contribution in [2.24, 2.45) is 5.41 Å². The maximum atomic E-state index is 14.5. The van der Waals surface area contributed by atoms with Crippen LogP contribution in [0.2, 0.25) is 0 Å². The van der Waals surface area contributed by atoms with Crippen LogP contribution in [0.15, 0.2) is 36.5 Å². The first-order valence-electron chi connectivity index (χ1n) is 9.50. The summed E-state index contributed by atoms with van der Waals surface area (Å²) in [7, 11) is 1.55. The summed E-state index contributed by atoms with van der Waals surface area (Å²) in [6.45, 7) is 10.7. The van der Waals surface area contributed by atoms with Gasteiger partial charge in [0.15, 0.2) is 0 Å². The molecule has 2 aromatic rings. The van der Waals surface area contributed by atoms with Gasteiger partial charge in [-0.15, -0.1) is 0 Å². The van der Waals surface area contributed by atoms with E-state index < -0.39 is 0 Å². The zero-order valence-electron chi connectivity index (χ0n) is 16.8. The van der Waals surface area contributed by atoms with Gasteiger partial charge in [0, 0.05) is 11.6 Å². The molecule has 26 heavy (non-hydrogen) atoms. The van der Waals surface area contributed by atoms with Crippen LogP contribution in [0.3, 0.4) is 0 Å². The fourth-order valence-corrected chi connectivity index (χ4v) is 3.47. The number of methoxy groups -OCH3 is 1. The second-order valence-electron chi connectivity index (χ2n) is 6.98. The van der Waals surface area contributed by atoms with Crippen LogP contribution in [0.4, 0.5) is 4.39 Å². The average molecular weight is 355 g/mol. The lowest BCUT2D eigenvalue weighted by Gasteiger charge is -2.25. The molecule has 0 radical (unpaired) electrons. The van der Waals surface area contributed by atoms with Crippen molar-refractivity contribution >= 4 is 5.57 Å². The lowest BCUT2D eigenvalue weighted by atomic mass is 9.79. The molecule has 3 rings (SSSR count). The van der Waals surface area contributed by atoms with Crippen molar-refractivity contribution in [3.05, 3.63) is 53.5 Å². The number of aryl methyl sites for hydroxylation is 1. The lowest BCUT2D eigenvalue weighted by Crippen LogP contribution is -2.10. The number of rotatable bonds is 4. The van der Waals surface area contributed by atoms with E-state index in [1.54, 1.807) is 13.2 Å². The molecule has 3 heteroatoms. The Morgan fingerprint density at radius 3 is 2.42 bits per heavy atom. The largest absolute Gasteiger partial charge is 0.481 e. The molecule has 0 saturated carbocycles. The molecule has 0 atom stereocenters.